The first-order valence-electron chi connectivity index (χ1n) is 11.3. The van der Waals surface area contributed by atoms with E-state index >= 15 is 0 Å². The van der Waals surface area contributed by atoms with Crippen molar-refractivity contribution >= 4 is 23.4 Å². The molecular formula is C25H29ClN4O5. The molecule has 10 heteroatoms. The number of nitrogens with zero attached hydrogens (tertiary/aromatic N) is 3. The molecule has 1 aliphatic heterocycles. The number of nitrogens with one attached hydrogen (secondary N) is 1. The van der Waals surface area contributed by atoms with Gasteiger partial charge in [0.2, 0.25) is 5.75 Å². The van der Waals surface area contributed by atoms with Crippen LogP contribution in [0.1, 0.15) is 22.8 Å². The number of hydrogen-bond acceptors (Lipinski definition) is 8. The van der Waals surface area contributed by atoms with Crippen molar-refractivity contribution in [2.45, 2.75) is 20.0 Å². The molecule has 3 aromatic rings. The summed E-state index contributed by atoms with van der Waals surface area (Å²) < 4.78 is 23.6. The van der Waals surface area contributed by atoms with Crippen LogP contribution in [0.3, 0.4) is 0 Å². The van der Waals surface area contributed by atoms with E-state index in [2.05, 4.69) is 10.2 Å². The SMILES string of the molecule is CCOC(=O)c1c(-c2ccc(Cl)cc2)nn2c1NCN(CCc1ccc(OC)c(OC)c1OC)C2. The van der Waals surface area contributed by atoms with Gasteiger partial charge in [-0.1, -0.05) is 29.8 Å². The minimum absolute atomic E-state index is 0.281. The van der Waals surface area contributed by atoms with Gasteiger partial charge in [0.25, 0.3) is 0 Å². The van der Waals surface area contributed by atoms with Crippen LogP contribution in [0.15, 0.2) is 36.4 Å². The fraction of sp³-hybridized carbons (Fsp3) is 0.360. The fourth-order valence-electron chi connectivity index (χ4n) is 4.16. The molecule has 0 atom stereocenters. The van der Waals surface area contributed by atoms with E-state index in [1.807, 2.05) is 24.3 Å². The van der Waals surface area contributed by atoms with Gasteiger partial charge in [0, 0.05) is 17.1 Å². The van der Waals surface area contributed by atoms with Crippen LogP contribution in [0.4, 0.5) is 5.82 Å². The predicted molar refractivity (Wildman–Crippen MR) is 134 cm³/mol. The molecule has 0 spiro atoms. The van der Waals surface area contributed by atoms with E-state index < -0.39 is 5.97 Å². The largest absolute Gasteiger partial charge is 0.493 e. The Labute approximate surface area is 209 Å². The molecule has 35 heavy (non-hydrogen) atoms. The van der Waals surface area contributed by atoms with Crippen LogP contribution in [0.5, 0.6) is 17.2 Å². The molecule has 0 aliphatic carbocycles. The number of esters is 1. The summed E-state index contributed by atoms with van der Waals surface area (Å²) in [4.78, 5) is 15.0. The Morgan fingerprint density at radius 3 is 2.46 bits per heavy atom. The Hall–Kier alpha value is -3.43. The zero-order chi connectivity index (χ0) is 24.9. The van der Waals surface area contributed by atoms with Crippen molar-refractivity contribution in [1.82, 2.24) is 14.7 Å². The van der Waals surface area contributed by atoms with Crippen LogP contribution < -0.4 is 19.5 Å². The van der Waals surface area contributed by atoms with Gasteiger partial charge in [-0.3, -0.25) is 4.90 Å². The highest BCUT2D eigenvalue weighted by molar-refractivity contribution is 6.30. The summed E-state index contributed by atoms with van der Waals surface area (Å²) in [5.41, 5.74) is 2.79. The molecule has 186 valence electrons. The van der Waals surface area contributed by atoms with E-state index in [-0.39, 0.29) is 6.61 Å². The molecule has 0 fully saturated rings. The molecule has 1 aromatic heterocycles. The third-order valence-corrected chi connectivity index (χ3v) is 6.09. The molecule has 1 aliphatic rings. The number of hydrogen-bond donors (Lipinski definition) is 1. The molecule has 0 radical (unpaired) electrons. The number of anilines is 1. The maximum Gasteiger partial charge on any atom is 0.344 e. The van der Waals surface area contributed by atoms with Crippen LogP contribution in [0.2, 0.25) is 5.02 Å². The standard InChI is InChI=1S/C25H29ClN4O5/c1-5-35-25(31)20-21(16-6-9-18(26)10-7-16)28-30-15-29(14-27-24(20)30)13-12-17-8-11-19(32-2)23(34-4)22(17)33-3/h6-11,27H,5,12-15H2,1-4H3. The summed E-state index contributed by atoms with van der Waals surface area (Å²) in [5.74, 6) is 2.09. The normalized spacial score (nSPS) is 13.1. The van der Waals surface area contributed by atoms with Crippen LogP contribution >= 0.6 is 11.6 Å². The van der Waals surface area contributed by atoms with Crippen molar-refractivity contribution in [2.75, 3.05) is 46.5 Å². The molecule has 2 heterocycles. The van der Waals surface area contributed by atoms with Gasteiger partial charge in [-0.25, -0.2) is 9.48 Å². The quantitative estimate of drug-likeness (QED) is 0.435. The molecular weight excluding hydrogens is 472 g/mol. The lowest BCUT2D eigenvalue weighted by atomic mass is 10.1. The van der Waals surface area contributed by atoms with Gasteiger partial charge in [0.1, 0.15) is 17.1 Å². The molecule has 0 amide bonds. The van der Waals surface area contributed by atoms with Crippen molar-refractivity contribution in [3.8, 4) is 28.5 Å². The van der Waals surface area contributed by atoms with Crippen molar-refractivity contribution in [1.29, 1.82) is 0 Å². The average molecular weight is 501 g/mol. The Bertz CT molecular complexity index is 1200. The molecule has 9 nitrogen and oxygen atoms in total. The second-order valence-electron chi connectivity index (χ2n) is 7.91. The van der Waals surface area contributed by atoms with Gasteiger partial charge >= 0.3 is 5.97 Å². The first kappa shape index (κ1) is 24.7. The Balaban J connectivity index is 1.57. The first-order chi connectivity index (χ1) is 17.0. The number of fused-ring (bicyclic) bond motifs is 1. The van der Waals surface area contributed by atoms with Crippen molar-refractivity contribution in [3.05, 3.63) is 52.5 Å². The number of carbonyl (C=O) groups is 1. The van der Waals surface area contributed by atoms with Crippen LogP contribution in [-0.2, 0) is 17.8 Å². The van der Waals surface area contributed by atoms with Crippen LogP contribution in [-0.4, -0.2) is 61.8 Å². The van der Waals surface area contributed by atoms with Gasteiger partial charge in [-0.05, 0) is 37.1 Å². The minimum Gasteiger partial charge on any atom is -0.493 e. The number of benzene rings is 2. The molecule has 2 aromatic carbocycles. The highest BCUT2D eigenvalue weighted by atomic mass is 35.5. The van der Waals surface area contributed by atoms with Gasteiger partial charge in [0.15, 0.2) is 11.5 Å². The summed E-state index contributed by atoms with van der Waals surface area (Å²) in [7, 11) is 4.81. The zero-order valence-electron chi connectivity index (χ0n) is 20.3. The van der Waals surface area contributed by atoms with Gasteiger partial charge in [0.05, 0.1) is 41.3 Å². The Morgan fingerprint density at radius 1 is 1.06 bits per heavy atom. The number of aromatic nitrogens is 2. The number of halogens is 1. The second-order valence-corrected chi connectivity index (χ2v) is 8.35. The smallest absolute Gasteiger partial charge is 0.344 e. The number of rotatable bonds is 9. The molecule has 0 unspecified atom stereocenters. The lowest BCUT2D eigenvalue weighted by Gasteiger charge is -2.29. The highest BCUT2D eigenvalue weighted by Gasteiger charge is 2.29. The summed E-state index contributed by atoms with van der Waals surface area (Å²) in [6.45, 7) is 3.85. The molecule has 0 saturated carbocycles. The monoisotopic (exact) mass is 500 g/mol. The minimum atomic E-state index is -0.408. The summed E-state index contributed by atoms with van der Waals surface area (Å²) in [6, 6.07) is 11.1. The topological polar surface area (TPSA) is 87.1 Å². The Morgan fingerprint density at radius 2 is 1.80 bits per heavy atom. The summed E-state index contributed by atoms with van der Waals surface area (Å²) in [6.07, 6.45) is 0.719. The van der Waals surface area contributed by atoms with E-state index in [1.165, 1.54) is 0 Å². The van der Waals surface area contributed by atoms with Crippen LogP contribution in [0.25, 0.3) is 11.3 Å². The van der Waals surface area contributed by atoms with Crippen LogP contribution in [0, 0.1) is 0 Å². The number of ether oxygens (including phenoxy) is 4. The number of carbonyl (C=O) groups excluding carboxylic acids is 1. The lowest BCUT2D eigenvalue weighted by Crippen LogP contribution is -2.39. The molecule has 4 rings (SSSR count). The predicted octanol–water partition coefficient (Wildman–Crippen LogP) is 4.29. The average Bonchev–Trinajstić information content (AvgIpc) is 3.26. The second kappa shape index (κ2) is 10.9. The Kier molecular flexibility index (Phi) is 7.67. The van der Waals surface area contributed by atoms with Gasteiger partial charge < -0.3 is 24.3 Å². The third kappa shape index (κ3) is 5.01. The van der Waals surface area contributed by atoms with E-state index in [0.717, 1.165) is 24.1 Å². The van der Waals surface area contributed by atoms with E-state index in [4.69, 9.17) is 35.6 Å². The maximum atomic E-state index is 12.8. The summed E-state index contributed by atoms with van der Waals surface area (Å²) in [5, 5.41) is 8.72. The summed E-state index contributed by atoms with van der Waals surface area (Å²) >= 11 is 6.05. The highest BCUT2D eigenvalue weighted by Crippen LogP contribution is 2.40. The van der Waals surface area contributed by atoms with Gasteiger partial charge in [-0.15, -0.1) is 0 Å². The molecule has 0 bridgehead atoms. The van der Waals surface area contributed by atoms with Crippen molar-refractivity contribution in [2.24, 2.45) is 0 Å². The third-order valence-electron chi connectivity index (χ3n) is 5.84. The molecule has 1 N–H and O–H groups in total. The fourth-order valence-corrected chi connectivity index (χ4v) is 4.29. The number of methoxy groups -OCH3 is 3. The lowest BCUT2D eigenvalue weighted by molar-refractivity contribution is 0.0527. The zero-order valence-corrected chi connectivity index (χ0v) is 21.0. The van der Waals surface area contributed by atoms with Crippen molar-refractivity contribution in [3.63, 3.8) is 0 Å². The van der Waals surface area contributed by atoms with E-state index in [9.17, 15) is 4.79 Å². The van der Waals surface area contributed by atoms with E-state index in [1.54, 1.807) is 45.1 Å². The van der Waals surface area contributed by atoms with Crippen molar-refractivity contribution < 1.29 is 23.7 Å². The van der Waals surface area contributed by atoms with Gasteiger partial charge in [-0.2, -0.15) is 5.10 Å². The molecule has 0 saturated heterocycles. The first-order valence-corrected chi connectivity index (χ1v) is 11.7. The maximum absolute atomic E-state index is 12.8. The van der Waals surface area contributed by atoms with E-state index in [0.29, 0.717) is 52.7 Å².